The van der Waals surface area contributed by atoms with E-state index < -0.39 is 87.8 Å². The number of aromatic nitrogens is 2. The lowest BCUT2D eigenvalue weighted by molar-refractivity contribution is -0.143. The third-order valence-electron chi connectivity index (χ3n) is 13.6. The van der Waals surface area contributed by atoms with Crippen LogP contribution in [0.15, 0.2) is 90.5 Å². The number of hydrogen-bond donors (Lipinski definition) is 1. The van der Waals surface area contributed by atoms with Crippen LogP contribution in [0, 0.1) is 36.0 Å². The molecule has 1 saturated carbocycles. The van der Waals surface area contributed by atoms with Crippen molar-refractivity contribution in [3.63, 3.8) is 0 Å². The maximum absolute atomic E-state index is 15.4. The molecule has 4 aromatic carbocycles. The zero-order chi connectivity index (χ0) is 44.8. The number of phenols is 1. The smallest absolute Gasteiger partial charge is 0.416 e. The second-order valence-electron chi connectivity index (χ2n) is 16.9. The summed E-state index contributed by atoms with van der Waals surface area (Å²) >= 11 is 7.77. The molecule has 0 spiro atoms. The van der Waals surface area contributed by atoms with Crippen LogP contribution in [0.5, 0.6) is 5.75 Å². The Hall–Kier alpha value is -6.00. The van der Waals surface area contributed by atoms with Crippen molar-refractivity contribution < 1.29 is 50.6 Å². The van der Waals surface area contributed by atoms with Crippen LogP contribution in [-0.4, -0.2) is 38.5 Å². The molecule has 0 bridgehead atoms. The maximum Gasteiger partial charge on any atom is 0.416 e. The minimum absolute atomic E-state index is 0.0795. The van der Waals surface area contributed by atoms with Crippen molar-refractivity contribution in [3.8, 4) is 16.3 Å². The fraction of sp³-hybridized carbons (Fsp3) is 0.283. The lowest BCUT2D eigenvalue weighted by Gasteiger charge is -2.49. The Morgan fingerprint density at radius 1 is 0.825 bits per heavy atom. The van der Waals surface area contributed by atoms with Crippen molar-refractivity contribution in [2.24, 2.45) is 36.1 Å². The Labute approximate surface area is 363 Å². The fourth-order valence-electron chi connectivity index (χ4n) is 10.7. The molecule has 2 saturated heterocycles. The molecule has 9 nitrogen and oxygen atoms in total. The van der Waals surface area contributed by atoms with E-state index in [0.717, 1.165) is 25.4 Å². The number of benzene rings is 4. The van der Waals surface area contributed by atoms with Gasteiger partial charge in [-0.05, 0) is 96.8 Å². The van der Waals surface area contributed by atoms with Crippen molar-refractivity contribution in [1.29, 1.82) is 0 Å². The van der Waals surface area contributed by atoms with E-state index in [9.17, 15) is 41.0 Å². The Bertz CT molecular complexity index is 3030. The Balaban J connectivity index is 1.11. The number of halogens is 7. The number of imide groups is 2. The molecular weight excluding hydrogens is 870 g/mol. The van der Waals surface area contributed by atoms with Gasteiger partial charge in [0.1, 0.15) is 17.3 Å². The second kappa shape index (κ2) is 13.7. The van der Waals surface area contributed by atoms with Gasteiger partial charge in [0.25, 0.3) is 0 Å². The predicted molar refractivity (Wildman–Crippen MR) is 223 cm³/mol. The molecule has 4 aliphatic rings. The highest BCUT2D eigenvalue weighted by Gasteiger charge is 2.68. The van der Waals surface area contributed by atoms with Gasteiger partial charge >= 0.3 is 12.4 Å². The molecule has 4 amide bonds. The number of aryl methyl sites for hydroxylation is 2. The van der Waals surface area contributed by atoms with Gasteiger partial charge in [0.2, 0.25) is 23.6 Å². The molecule has 10 rings (SSSR count). The van der Waals surface area contributed by atoms with Gasteiger partial charge < -0.3 is 5.11 Å². The summed E-state index contributed by atoms with van der Waals surface area (Å²) < 4.78 is 86.4. The number of anilines is 2. The van der Waals surface area contributed by atoms with Crippen LogP contribution in [0.4, 0.5) is 37.8 Å². The average molecular weight is 903 g/mol. The number of alkyl halides is 6. The van der Waals surface area contributed by atoms with E-state index >= 15 is 9.59 Å². The molecular formula is C46H33ClF6N4O5S. The summed E-state index contributed by atoms with van der Waals surface area (Å²) in [6.07, 6.45) is -9.13. The number of aromatic hydroxyl groups is 1. The van der Waals surface area contributed by atoms with Crippen molar-refractivity contribution in [2.75, 3.05) is 9.80 Å². The standard InChI is InChI=1S/C46H33ClF6N4O5S/c1-20-29-17-24(47)9-13-34(29)63-39(20)32-19-35(55(3)54-32)57-41(60)31-18-30-27(38(44(31,2)43(57)62)37-26-7-5-4-6-21(26)8-12-33(37)58)10-11-28-36(30)42(61)56(40(28)59)25-15-22(45(48,49)50)14-23(16-25)46(51,52)53/h4-10,12-17,19,28,30-31,36,38,58H,11,18H2,1-3H3/t28-,30+,31-,36-,38+,44+/m0/s1. The third-order valence-corrected chi connectivity index (χ3v) is 15.1. The van der Waals surface area contributed by atoms with E-state index in [2.05, 4.69) is 0 Å². The van der Waals surface area contributed by atoms with E-state index in [-0.39, 0.29) is 30.5 Å². The van der Waals surface area contributed by atoms with Crippen molar-refractivity contribution >= 4 is 78.9 Å². The van der Waals surface area contributed by atoms with E-state index in [0.29, 0.717) is 49.7 Å². The van der Waals surface area contributed by atoms with Crippen LogP contribution in [0.3, 0.4) is 0 Å². The fourth-order valence-corrected chi connectivity index (χ4v) is 12.0. The molecule has 2 aromatic heterocycles. The van der Waals surface area contributed by atoms with Gasteiger partial charge in [0.05, 0.1) is 44.9 Å². The van der Waals surface area contributed by atoms with Gasteiger partial charge in [0.15, 0.2) is 0 Å². The summed E-state index contributed by atoms with van der Waals surface area (Å²) in [5.41, 5.74) is -3.75. The summed E-state index contributed by atoms with van der Waals surface area (Å²) in [5.74, 6) is -9.08. The zero-order valence-electron chi connectivity index (χ0n) is 33.3. The van der Waals surface area contributed by atoms with Crippen molar-refractivity contribution in [3.05, 3.63) is 118 Å². The SMILES string of the molecule is Cc1c(-c2cc(N3C(=O)[C@@H]4C[C@@H]5C(=CC[C@@H]6C(=O)N(c7cc(C(F)(F)F)cc(C(F)(F)F)c7)C(=O)[C@@H]65)[C@H](c5c(O)ccc6ccccc56)[C@]4(C)C3=O)n(C)n2)sc2ccc(Cl)cc12. The highest BCUT2D eigenvalue weighted by molar-refractivity contribution is 7.22. The first-order chi connectivity index (χ1) is 29.7. The number of nitrogens with zero attached hydrogens (tertiary/aromatic N) is 4. The van der Waals surface area contributed by atoms with Gasteiger partial charge in [-0.25, -0.2) is 9.80 Å². The lowest BCUT2D eigenvalue weighted by Crippen LogP contribution is -2.49. The Kier molecular flexibility index (Phi) is 8.96. The van der Waals surface area contributed by atoms with Crippen molar-refractivity contribution in [1.82, 2.24) is 9.78 Å². The number of rotatable bonds is 4. The number of fused-ring (bicyclic) bond motifs is 6. The summed E-state index contributed by atoms with van der Waals surface area (Å²) in [6, 6.07) is 18.0. The van der Waals surface area contributed by atoms with Gasteiger partial charge in [-0.2, -0.15) is 31.4 Å². The number of carbonyl (C=O) groups excluding carboxylic acids is 4. The molecule has 0 radical (unpaired) electrons. The molecule has 17 heteroatoms. The number of thiophene rings is 1. The van der Waals surface area contributed by atoms with Crippen LogP contribution in [-0.2, 0) is 38.6 Å². The number of allylic oxidation sites excluding steroid dienone is 2. The molecule has 63 heavy (non-hydrogen) atoms. The first-order valence-electron chi connectivity index (χ1n) is 19.9. The van der Waals surface area contributed by atoms with Crippen molar-refractivity contribution in [2.45, 2.75) is 45.0 Å². The average Bonchev–Trinajstić information content (AvgIpc) is 3.90. The number of hydrogen-bond acceptors (Lipinski definition) is 7. The molecule has 2 aliphatic heterocycles. The second-order valence-corrected chi connectivity index (χ2v) is 18.4. The zero-order valence-corrected chi connectivity index (χ0v) is 34.9. The third kappa shape index (κ3) is 5.93. The first kappa shape index (κ1) is 41.0. The molecule has 322 valence electrons. The lowest BCUT2D eigenvalue weighted by atomic mass is 9.51. The summed E-state index contributed by atoms with van der Waals surface area (Å²) in [6.45, 7) is 3.56. The van der Waals surface area contributed by atoms with Crippen LogP contribution in [0.2, 0.25) is 5.02 Å². The Morgan fingerprint density at radius 3 is 2.22 bits per heavy atom. The molecule has 3 fully saturated rings. The van der Waals surface area contributed by atoms with Crippen LogP contribution in [0.25, 0.3) is 31.4 Å². The molecule has 2 aliphatic carbocycles. The highest BCUT2D eigenvalue weighted by Crippen LogP contribution is 2.65. The molecule has 1 N–H and O–H groups in total. The minimum Gasteiger partial charge on any atom is -0.508 e. The summed E-state index contributed by atoms with van der Waals surface area (Å²) in [4.78, 5) is 61.5. The van der Waals surface area contributed by atoms with E-state index in [1.807, 2.05) is 19.1 Å². The van der Waals surface area contributed by atoms with Gasteiger partial charge in [-0.3, -0.25) is 23.9 Å². The van der Waals surface area contributed by atoms with E-state index in [1.165, 1.54) is 22.1 Å². The first-order valence-corrected chi connectivity index (χ1v) is 21.1. The molecule has 4 heterocycles. The van der Waals surface area contributed by atoms with E-state index in [1.54, 1.807) is 62.5 Å². The van der Waals surface area contributed by atoms with Crippen LogP contribution < -0.4 is 9.80 Å². The van der Waals surface area contributed by atoms with Crippen LogP contribution in [0.1, 0.15) is 47.9 Å². The van der Waals surface area contributed by atoms with Gasteiger partial charge in [0, 0.05) is 34.3 Å². The molecule has 6 aromatic rings. The minimum atomic E-state index is -5.24. The predicted octanol–water partition coefficient (Wildman–Crippen LogP) is 10.6. The van der Waals surface area contributed by atoms with Gasteiger partial charge in [-0.15, -0.1) is 11.3 Å². The highest BCUT2D eigenvalue weighted by atomic mass is 35.5. The molecule has 6 atom stereocenters. The number of carbonyl (C=O) groups is 4. The normalized spacial score (nSPS) is 25.0. The summed E-state index contributed by atoms with van der Waals surface area (Å²) in [5, 5.41) is 19.2. The topological polar surface area (TPSA) is 113 Å². The number of amides is 4. The largest absolute Gasteiger partial charge is 0.508 e. The van der Waals surface area contributed by atoms with E-state index in [4.69, 9.17) is 16.7 Å². The molecule has 0 unspecified atom stereocenters. The Morgan fingerprint density at radius 2 is 1.52 bits per heavy atom. The van der Waals surface area contributed by atoms with Crippen LogP contribution >= 0.6 is 22.9 Å². The monoisotopic (exact) mass is 902 g/mol. The quantitative estimate of drug-likeness (QED) is 0.107. The maximum atomic E-state index is 15.4. The number of phenolic OH excluding ortho intramolecular Hbond substituents is 1. The van der Waals surface area contributed by atoms with Gasteiger partial charge in [-0.1, -0.05) is 53.6 Å². The summed E-state index contributed by atoms with van der Waals surface area (Å²) in [7, 11) is 1.60.